The van der Waals surface area contributed by atoms with Crippen molar-refractivity contribution in [3.8, 4) is 17.4 Å². The third kappa shape index (κ3) is 5.90. The van der Waals surface area contributed by atoms with Gasteiger partial charge >= 0.3 is 6.18 Å². The Hall–Kier alpha value is -3.76. The number of benzene rings is 1. The van der Waals surface area contributed by atoms with Crippen LogP contribution in [-0.4, -0.2) is 35.9 Å². The van der Waals surface area contributed by atoms with E-state index in [1.54, 1.807) is 19.1 Å². The van der Waals surface area contributed by atoms with E-state index >= 15 is 0 Å². The molecule has 2 heterocycles. The van der Waals surface area contributed by atoms with Gasteiger partial charge in [0, 0.05) is 11.6 Å². The van der Waals surface area contributed by atoms with Crippen molar-refractivity contribution in [1.29, 1.82) is 0 Å². The second-order valence-electron chi connectivity index (χ2n) is 6.70. The molecule has 170 valence electrons. The molecular formula is C21H20F3N3O5. The largest absolute Gasteiger partial charge is 0.493 e. The third-order valence-corrected chi connectivity index (χ3v) is 4.36. The highest BCUT2D eigenvalue weighted by molar-refractivity contribution is 6.04. The van der Waals surface area contributed by atoms with E-state index in [9.17, 15) is 18.0 Å². The van der Waals surface area contributed by atoms with Crippen molar-refractivity contribution >= 4 is 11.6 Å². The molecule has 1 N–H and O–H groups in total. The van der Waals surface area contributed by atoms with Crippen LogP contribution in [0.25, 0.3) is 0 Å². The van der Waals surface area contributed by atoms with Gasteiger partial charge in [-0.05, 0) is 38.1 Å². The molecule has 3 aromatic rings. The quantitative estimate of drug-likeness (QED) is 0.540. The van der Waals surface area contributed by atoms with Gasteiger partial charge in [-0.15, -0.1) is 0 Å². The average Bonchev–Trinajstić information content (AvgIpc) is 3.08. The normalized spacial score (nSPS) is 11.2. The summed E-state index contributed by atoms with van der Waals surface area (Å²) in [5, 5.41) is 6.47. The Morgan fingerprint density at radius 1 is 1.12 bits per heavy atom. The lowest BCUT2D eigenvalue weighted by Gasteiger charge is -2.12. The molecule has 0 saturated heterocycles. The number of carbonyl (C=O) groups is 1. The summed E-state index contributed by atoms with van der Waals surface area (Å²) in [6.07, 6.45) is -3.27. The molecule has 0 spiro atoms. The van der Waals surface area contributed by atoms with E-state index in [2.05, 4.69) is 20.2 Å². The molecule has 0 aliphatic rings. The number of hydrogen-bond acceptors (Lipinski definition) is 7. The molecule has 0 radical (unpaired) electrons. The zero-order chi connectivity index (χ0) is 23.3. The number of pyridine rings is 1. The zero-order valence-electron chi connectivity index (χ0n) is 17.4. The number of nitrogens with zero attached hydrogens (tertiary/aromatic N) is 2. The third-order valence-electron chi connectivity index (χ3n) is 4.36. The molecule has 0 bridgehead atoms. The molecule has 32 heavy (non-hydrogen) atoms. The summed E-state index contributed by atoms with van der Waals surface area (Å²) in [4.78, 5) is 16.3. The van der Waals surface area contributed by atoms with Crippen molar-refractivity contribution in [3.63, 3.8) is 0 Å². The van der Waals surface area contributed by atoms with Gasteiger partial charge in [0.15, 0.2) is 18.1 Å². The van der Waals surface area contributed by atoms with Crippen LogP contribution < -0.4 is 19.5 Å². The van der Waals surface area contributed by atoms with Gasteiger partial charge in [-0.3, -0.25) is 4.79 Å². The summed E-state index contributed by atoms with van der Waals surface area (Å²) in [5.41, 5.74) is 2.11. The topological polar surface area (TPSA) is 95.7 Å². The number of halogens is 3. The fraction of sp³-hybridized carbons (Fsp3) is 0.286. The van der Waals surface area contributed by atoms with Crippen molar-refractivity contribution in [2.45, 2.75) is 26.6 Å². The van der Waals surface area contributed by atoms with Crippen molar-refractivity contribution < 1.29 is 36.7 Å². The van der Waals surface area contributed by atoms with E-state index < -0.39 is 18.7 Å². The van der Waals surface area contributed by atoms with Crippen molar-refractivity contribution in [2.24, 2.45) is 0 Å². The standard InChI is InChI=1S/C21H20F3N3O5/c1-12-16(13(2)32-27-12)10-30-17-6-4-14(8-18(17)29-3)20(28)26-15-5-7-19(25-9-15)31-11-21(22,23)24/h4-9H,10-11H2,1-3H3,(H,26,28). The van der Waals surface area contributed by atoms with E-state index in [0.29, 0.717) is 17.3 Å². The molecule has 3 rings (SSSR count). The summed E-state index contributed by atoms with van der Waals surface area (Å²) in [7, 11) is 1.45. The number of aryl methyl sites for hydroxylation is 2. The van der Waals surface area contributed by atoms with Gasteiger partial charge in [-0.25, -0.2) is 4.98 Å². The Morgan fingerprint density at radius 2 is 1.91 bits per heavy atom. The van der Waals surface area contributed by atoms with E-state index in [4.69, 9.17) is 14.0 Å². The lowest BCUT2D eigenvalue weighted by Crippen LogP contribution is -2.19. The van der Waals surface area contributed by atoms with Crippen molar-refractivity contribution in [3.05, 3.63) is 59.1 Å². The number of methoxy groups -OCH3 is 1. The van der Waals surface area contributed by atoms with Gasteiger partial charge in [0.05, 0.1) is 30.3 Å². The first-order chi connectivity index (χ1) is 15.2. The van der Waals surface area contributed by atoms with E-state index in [0.717, 1.165) is 11.3 Å². The predicted octanol–water partition coefficient (Wildman–Crippen LogP) is 4.47. The average molecular weight is 451 g/mol. The number of hydrogen-bond donors (Lipinski definition) is 1. The number of aromatic nitrogens is 2. The molecule has 1 aromatic carbocycles. The molecule has 2 aromatic heterocycles. The SMILES string of the molecule is COc1cc(C(=O)Nc2ccc(OCC(F)(F)F)nc2)ccc1OCc1c(C)noc1C. The minimum Gasteiger partial charge on any atom is -0.493 e. The summed E-state index contributed by atoms with van der Waals surface area (Å²) in [5.74, 6) is 0.754. The fourth-order valence-electron chi connectivity index (χ4n) is 2.68. The van der Waals surface area contributed by atoms with Gasteiger partial charge in [0.2, 0.25) is 5.88 Å². The molecule has 0 aliphatic carbocycles. The summed E-state index contributed by atoms with van der Waals surface area (Å²) in [6.45, 7) is 2.37. The zero-order valence-corrected chi connectivity index (χ0v) is 17.4. The van der Waals surface area contributed by atoms with Crippen LogP contribution in [0.3, 0.4) is 0 Å². The molecular weight excluding hydrogens is 431 g/mol. The van der Waals surface area contributed by atoms with Crippen LogP contribution in [0.5, 0.6) is 17.4 Å². The molecule has 0 fully saturated rings. The molecule has 0 saturated carbocycles. The molecule has 1 amide bonds. The monoisotopic (exact) mass is 451 g/mol. The Balaban J connectivity index is 1.64. The Morgan fingerprint density at radius 3 is 2.50 bits per heavy atom. The minimum absolute atomic E-state index is 0.207. The molecule has 0 atom stereocenters. The molecule has 0 unspecified atom stereocenters. The second-order valence-corrected chi connectivity index (χ2v) is 6.70. The maximum absolute atomic E-state index is 12.5. The predicted molar refractivity (Wildman–Crippen MR) is 107 cm³/mol. The van der Waals surface area contributed by atoms with E-state index in [1.165, 1.54) is 31.5 Å². The van der Waals surface area contributed by atoms with Crippen LogP contribution in [0.4, 0.5) is 18.9 Å². The van der Waals surface area contributed by atoms with Crippen LogP contribution in [0.15, 0.2) is 41.1 Å². The Bertz CT molecular complexity index is 1060. The van der Waals surface area contributed by atoms with Crippen LogP contribution in [0.2, 0.25) is 0 Å². The highest BCUT2D eigenvalue weighted by atomic mass is 19.4. The van der Waals surface area contributed by atoms with Crippen molar-refractivity contribution in [1.82, 2.24) is 10.1 Å². The van der Waals surface area contributed by atoms with Crippen LogP contribution in [0, 0.1) is 13.8 Å². The van der Waals surface area contributed by atoms with Crippen LogP contribution >= 0.6 is 0 Å². The van der Waals surface area contributed by atoms with Gasteiger partial charge in [0.25, 0.3) is 5.91 Å². The molecule has 11 heteroatoms. The smallest absolute Gasteiger partial charge is 0.422 e. The number of amides is 1. The summed E-state index contributed by atoms with van der Waals surface area (Å²) in [6, 6.07) is 7.27. The Labute approximate surface area is 181 Å². The van der Waals surface area contributed by atoms with Crippen molar-refractivity contribution in [2.75, 3.05) is 19.0 Å². The number of nitrogens with one attached hydrogen (secondary N) is 1. The first-order valence-electron chi connectivity index (χ1n) is 9.36. The van der Waals surface area contributed by atoms with E-state index in [-0.39, 0.29) is 23.7 Å². The molecule has 0 aliphatic heterocycles. The first-order valence-corrected chi connectivity index (χ1v) is 9.36. The second kappa shape index (κ2) is 9.58. The minimum atomic E-state index is -4.46. The Kier molecular flexibility index (Phi) is 6.86. The van der Waals surface area contributed by atoms with Gasteiger partial charge in [-0.2, -0.15) is 13.2 Å². The molecule has 8 nitrogen and oxygen atoms in total. The lowest BCUT2D eigenvalue weighted by molar-refractivity contribution is -0.154. The number of anilines is 1. The van der Waals surface area contributed by atoms with Gasteiger partial charge in [0.1, 0.15) is 12.4 Å². The first kappa shape index (κ1) is 22.9. The fourth-order valence-corrected chi connectivity index (χ4v) is 2.68. The maximum atomic E-state index is 12.5. The maximum Gasteiger partial charge on any atom is 0.422 e. The number of rotatable bonds is 8. The van der Waals surface area contributed by atoms with Gasteiger partial charge in [-0.1, -0.05) is 5.16 Å². The highest BCUT2D eigenvalue weighted by Crippen LogP contribution is 2.30. The van der Waals surface area contributed by atoms with Crippen LogP contribution in [-0.2, 0) is 6.61 Å². The highest BCUT2D eigenvalue weighted by Gasteiger charge is 2.28. The summed E-state index contributed by atoms with van der Waals surface area (Å²) < 4.78 is 57.3. The van der Waals surface area contributed by atoms with E-state index in [1.807, 2.05) is 6.92 Å². The number of carbonyl (C=O) groups excluding carboxylic acids is 1. The summed E-state index contributed by atoms with van der Waals surface area (Å²) >= 11 is 0. The number of alkyl halides is 3. The number of ether oxygens (including phenoxy) is 3. The van der Waals surface area contributed by atoms with Gasteiger partial charge < -0.3 is 24.1 Å². The lowest BCUT2D eigenvalue weighted by atomic mass is 10.1. The van der Waals surface area contributed by atoms with Crippen LogP contribution in [0.1, 0.15) is 27.4 Å².